The normalized spacial score (nSPS) is 16.6. The van der Waals surface area contributed by atoms with Crippen molar-refractivity contribution in [3.05, 3.63) is 35.7 Å². The standard InChI is InChI=1S/C16H19F3N4O/c1-22(2)7-11-3-5-12(6-4-11)14-20-15(24-21-14)13-8-23(9-13)10-16(17,18)19/h3-6,13H,7-10H2,1-2H3. The lowest BCUT2D eigenvalue weighted by Crippen LogP contribution is -2.49. The zero-order chi connectivity index (χ0) is 17.3. The number of rotatable bonds is 5. The fraction of sp³-hybridized carbons (Fsp3) is 0.500. The van der Waals surface area contributed by atoms with Crippen LogP contribution in [0.1, 0.15) is 17.4 Å². The van der Waals surface area contributed by atoms with Gasteiger partial charge in [0.2, 0.25) is 11.7 Å². The smallest absolute Gasteiger partial charge is 0.339 e. The Bertz CT molecular complexity index is 675. The molecule has 0 aliphatic carbocycles. The van der Waals surface area contributed by atoms with Gasteiger partial charge in [0.15, 0.2) is 0 Å². The summed E-state index contributed by atoms with van der Waals surface area (Å²) in [5.74, 6) is 0.748. The van der Waals surface area contributed by atoms with Crippen molar-refractivity contribution in [1.29, 1.82) is 0 Å². The summed E-state index contributed by atoms with van der Waals surface area (Å²) < 4.78 is 42.1. The number of likely N-dealkylation sites (tertiary alicyclic amines) is 1. The van der Waals surface area contributed by atoms with Gasteiger partial charge in [-0.15, -0.1) is 0 Å². The van der Waals surface area contributed by atoms with Gasteiger partial charge >= 0.3 is 6.18 Å². The lowest BCUT2D eigenvalue weighted by molar-refractivity contribution is -0.155. The number of hydrogen-bond acceptors (Lipinski definition) is 5. The molecular formula is C16H19F3N4O. The van der Waals surface area contributed by atoms with Crippen molar-refractivity contribution in [1.82, 2.24) is 19.9 Å². The molecule has 1 aliphatic rings. The fourth-order valence-electron chi connectivity index (χ4n) is 2.75. The lowest BCUT2D eigenvalue weighted by atomic mass is 10.0. The van der Waals surface area contributed by atoms with E-state index in [4.69, 9.17) is 4.52 Å². The first kappa shape index (κ1) is 16.9. The monoisotopic (exact) mass is 340 g/mol. The number of alkyl halides is 3. The molecule has 5 nitrogen and oxygen atoms in total. The van der Waals surface area contributed by atoms with Crippen LogP contribution in [-0.4, -0.2) is 59.8 Å². The molecule has 2 heterocycles. The van der Waals surface area contributed by atoms with Gasteiger partial charge in [-0.1, -0.05) is 29.4 Å². The maximum absolute atomic E-state index is 12.3. The highest BCUT2D eigenvalue weighted by Crippen LogP contribution is 2.30. The van der Waals surface area contributed by atoms with Gasteiger partial charge in [-0.25, -0.2) is 0 Å². The van der Waals surface area contributed by atoms with Crippen molar-refractivity contribution < 1.29 is 17.7 Å². The molecule has 130 valence electrons. The Hall–Kier alpha value is -1.93. The Morgan fingerprint density at radius 2 is 1.88 bits per heavy atom. The summed E-state index contributed by atoms with van der Waals surface area (Å²) in [5, 5.41) is 3.94. The largest absolute Gasteiger partial charge is 0.401 e. The Morgan fingerprint density at radius 1 is 1.21 bits per heavy atom. The van der Waals surface area contributed by atoms with E-state index in [9.17, 15) is 13.2 Å². The van der Waals surface area contributed by atoms with E-state index in [-0.39, 0.29) is 5.92 Å². The molecule has 0 spiro atoms. The predicted molar refractivity (Wildman–Crippen MR) is 82.4 cm³/mol. The van der Waals surface area contributed by atoms with E-state index in [0.717, 1.165) is 12.1 Å². The van der Waals surface area contributed by atoms with E-state index >= 15 is 0 Å². The second kappa shape index (κ2) is 6.52. The summed E-state index contributed by atoms with van der Waals surface area (Å²) in [4.78, 5) is 7.73. The molecular weight excluding hydrogens is 321 g/mol. The van der Waals surface area contributed by atoms with E-state index < -0.39 is 12.7 Å². The van der Waals surface area contributed by atoms with Gasteiger partial charge in [0.1, 0.15) is 0 Å². The van der Waals surface area contributed by atoms with Crippen LogP contribution in [0.2, 0.25) is 0 Å². The second-order valence-electron chi connectivity index (χ2n) is 6.40. The van der Waals surface area contributed by atoms with Gasteiger partial charge < -0.3 is 9.42 Å². The highest BCUT2D eigenvalue weighted by Gasteiger charge is 2.39. The third kappa shape index (κ3) is 4.12. The molecule has 0 amide bonds. The number of halogens is 3. The molecule has 1 aliphatic heterocycles. The van der Waals surface area contributed by atoms with E-state index in [0.29, 0.717) is 24.8 Å². The Labute approximate surface area is 138 Å². The van der Waals surface area contributed by atoms with Crippen LogP contribution in [0.3, 0.4) is 0 Å². The molecule has 24 heavy (non-hydrogen) atoms. The molecule has 0 unspecified atom stereocenters. The van der Waals surface area contributed by atoms with E-state index in [2.05, 4.69) is 15.0 Å². The van der Waals surface area contributed by atoms with Gasteiger partial charge in [-0.2, -0.15) is 18.2 Å². The highest BCUT2D eigenvalue weighted by atomic mass is 19.4. The maximum Gasteiger partial charge on any atom is 0.401 e. The molecule has 3 rings (SSSR count). The van der Waals surface area contributed by atoms with Crippen LogP contribution in [0.15, 0.2) is 28.8 Å². The van der Waals surface area contributed by atoms with Crippen molar-refractivity contribution in [3.8, 4) is 11.4 Å². The molecule has 0 N–H and O–H groups in total. The summed E-state index contributed by atoms with van der Waals surface area (Å²) >= 11 is 0. The first-order chi connectivity index (χ1) is 11.3. The quantitative estimate of drug-likeness (QED) is 0.837. The summed E-state index contributed by atoms with van der Waals surface area (Å²) in [6, 6.07) is 7.84. The number of hydrogen-bond donors (Lipinski definition) is 0. The molecule has 8 heteroatoms. The van der Waals surface area contributed by atoms with Crippen LogP contribution in [0.25, 0.3) is 11.4 Å². The lowest BCUT2D eigenvalue weighted by Gasteiger charge is -2.37. The molecule has 1 fully saturated rings. The van der Waals surface area contributed by atoms with Crippen molar-refractivity contribution in [2.45, 2.75) is 18.6 Å². The average molecular weight is 340 g/mol. The molecule has 1 aromatic heterocycles. The van der Waals surface area contributed by atoms with Crippen LogP contribution < -0.4 is 0 Å². The van der Waals surface area contributed by atoms with E-state index in [1.807, 2.05) is 38.4 Å². The van der Waals surface area contributed by atoms with Crippen LogP contribution in [0.5, 0.6) is 0 Å². The van der Waals surface area contributed by atoms with Crippen molar-refractivity contribution >= 4 is 0 Å². The molecule has 0 bridgehead atoms. The van der Waals surface area contributed by atoms with Gasteiger partial charge in [0.05, 0.1) is 12.5 Å². The third-order valence-corrected chi connectivity index (χ3v) is 3.86. The van der Waals surface area contributed by atoms with Gasteiger partial charge in [-0.3, -0.25) is 4.90 Å². The Balaban J connectivity index is 1.60. The SMILES string of the molecule is CN(C)Cc1ccc(-c2noc(C3CN(CC(F)(F)F)C3)n2)cc1. The summed E-state index contributed by atoms with van der Waals surface area (Å²) in [6.45, 7) is 0.540. The molecule has 1 saturated heterocycles. The van der Waals surface area contributed by atoms with Crippen LogP contribution >= 0.6 is 0 Å². The number of aromatic nitrogens is 2. The van der Waals surface area contributed by atoms with Crippen molar-refractivity contribution in [2.24, 2.45) is 0 Å². The fourth-order valence-corrected chi connectivity index (χ4v) is 2.75. The third-order valence-electron chi connectivity index (χ3n) is 3.86. The van der Waals surface area contributed by atoms with Gasteiger partial charge in [-0.05, 0) is 19.7 Å². The zero-order valence-corrected chi connectivity index (χ0v) is 13.5. The molecule has 0 radical (unpaired) electrons. The van der Waals surface area contributed by atoms with E-state index in [1.165, 1.54) is 10.5 Å². The topological polar surface area (TPSA) is 45.4 Å². The first-order valence-electron chi connectivity index (χ1n) is 7.67. The van der Waals surface area contributed by atoms with Gasteiger partial charge in [0, 0.05) is 25.2 Å². The zero-order valence-electron chi connectivity index (χ0n) is 13.5. The highest BCUT2D eigenvalue weighted by molar-refractivity contribution is 5.54. The molecule has 1 aromatic carbocycles. The average Bonchev–Trinajstić information content (AvgIpc) is 2.91. The van der Waals surface area contributed by atoms with Crippen molar-refractivity contribution in [3.63, 3.8) is 0 Å². The minimum atomic E-state index is -4.17. The van der Waals surface area contributed by atoms with Crippen molar-refractivity contribution in [2.75, 3.05) is 33.7 Å². The minimum Gasteiger partial charge on any atom is -0.339 e. The number of benzene rings is 1. The molecule has 0 atom stereocenters. The van der Waals surface area contributed by atoms with Gasteiger partial charge in [0.25, 0.3) is 0 Å². The first-order valence-corrected chi connectivity index (χ1v) is 7.67. The summed E-state index contributed by atoms with van der Waals surface area (Å²) in [6.07, 6.45) is -4.17. The molecule has 0 saturated carbocycles. The Morgan fingerprint density at radius 3 is 2.46 bits per heavy atom. The predicted octanol–water partition coefficient (Wildman–Crippen LogP) is 2.76. The van der Waals surface area contributed by atoms with Crippen LogP contribution in [0.4, 0.5) is 13.2 Å². The van der Waals surface area contributed by atoms with Crippen LogP contribution in [-0.2, 0) is 6.54 Å². The summed E-state index contributed by atoms with van der Waals surface area (Å²) in [5.41, 5.74) is 2.01. The second-order valence-corrected chi connectivity index (χ2v) is 6.40. The maximum atomic E-state index is 12.3. The summed E-state index contributed by atoms with van der Waals surface area (Å²) in [7, 11) is 4.00. The van der Waals surface area contributed by atoms with Crippen LogP contribution in [0, 0.1) is 0 Å². The Kier molecular flexibility index (Phi) is 4.60. The number of nitrogens with zero attached hydrogens (tertiary/aromatic N) is 4. The van der Waals surface area contributed by atoms with E-state index in [1.54, 1.807) is 0 Å². The minimum absolute atomic E-state index is 0.124. The molecule has 2 aromatic rings.